The topological polar surface area (TPSA) is 105 Å². The summed E-state index contributed by atoms with van der Waals surface area (Å²) in [7, 11) is 0. The molecular formula is C35H50N6O3. The zero-order chi connectivity index (χ0) is 30.9. The van der Waals surface area contributed by atoms with Crippen LogP contribution >= 0.6 is 0 Å². The molecule has 0 saturated heterocycles. The molecule has 0 aliphatic heterocycles. The molecule has 0 atom stereocenters. The van der Waals surface area contributed by atoms with Gasteiger partial charge >= 0.3 is 5.69 Å². The molecule has 2 N–H and O–H groups in total. The van der Waals surface area contributed by atoms with Gasteiger partial charge in [-0.25, -0.2) is 9.78 Å². The van der Waals surface area contributed by atoms with Crippen LogP contribution in [-0.4, -0.2) is 56.1 Å². The fraction of sp³-hybridized carbons (Fsp3) is 0.600. The third-order valence-corrected chi connectivity index (χ3v) is 9.65. The van der Waals surface area contributed by atoms with E-state index in [1.165, 1.54) is 43.1 Å². The number of benzene rings is 1. The van der Waals surface area contributed by atoms with Crippen LogP contribution in [0.15, 0.2) is 39.9 Å². The number of carbonyl (C=O) groups is 1. The molecular weight excluding hydrogens is 552 g/mol. The van der Waals surface area contributed by atoms with Crippen molar-refractivity contribution in [2.24, 2.45) is 11.8 Å². The highest BCUT2D eigenvalue weighted by Gasteiger charge is 2.24. The monoisotopic (exact) mass is 602 g/mol. The molecule has 2 saturated carbocycles. The molecule has 238 valence electrons. The molecule has 0 spiro atoms. The van der Waals surface area contributed by atoms with Crippen LogP contribution in [0.5, 0.6) is 0 Å². The zero-order valence-electron chi connectivity index (χ0n) is 26.7. The van der Waals surface area contributed by atoms with E-state index in [-0.39, 0.29) is 17.2 Å². The molecule has 2 aliphatic rings. The van der Waals surface area contributed by atoms with E-state index in [1.807, 2.05) is 24.3 Å². The van der Waals surface area contributed by atoms with E-state index in [9.17, 15) is 14.4 Å². The minimum Gasteiger partial charge on any atom is -0.353 e. The molecule has 3 aromatic rings. The maximum absolute atomic E-state index is 13.8. The SMILES string of the molecule is CCN(CC)CCCNC(=O)/C=C/c1ccc(-c2nc3c([nH]2)c(=O)n(CC2CCCCC2)c(=O)n3CC2CCCCC2)cc1. The normalized spacial score (nSPS) is 16.8. The first-order valence-electron chi connectivity index (χ1n) is 17.0. The lowest BCUT2D eigenvalue weighted by Crippen LogP contribution is -2.42. The first-order chi connectivity index (χ1) is 21.5. The molecule has 0 radical (unpaired) electrons. The van der Waals surface area contributed by atoms with Crippen molar-refractivity contribution in [3.05, 3.63) is 56.7 Å². The number of hydrogen-bond acceptors (Lipinski definition) is 5. The van der Waals surface area contributed by atoms with Crippen LogP contribution in [0.4, 0.5) is 0 Å². The number of carbonyl (C=O) groups excluding carboxylic acids is 1. The number of aromatic amines is 1. The maximum atomic E-state index is 13.8. The Morgan fingerprint density at radius 2 is 1.55 bits per heavy atom. The third kappa shape index (κ3) is 7.97. The lowest BCUT2D eigenvalue weighted by atomic mass is 9.89. The summed E-state index contributed by atoms with van der Waals surface area (Å²) in [6, 6.07) is 7.74. The average Bonchev–Trinajstić information content (AvgIpc) is 3.51. The molecule has 2 aromatic heterocycles. The summed E-state index contributed by atoms with van der Waals surface area (Å²) in [5.74, 6) is 1.26. The van der Waals surface area contributed by atoms with Crippen molar-refractivity contribution in [1.29, 1.82) is 0 Å². The van der Waals surface area contributed by atoms with Gasteiger partial charge in [0.15, 0.2) is 5.65 Å². The fourth-order valence-electron chi connectivity index (χ4n) is 6.92. The quantitative estimate of drug-likeness (QED) is 0.197. The van der Waals surface area contributed by atoms with Gasteiger partial charge in [0.05, 0.1) is 0 Å². The number of nitrogens with one attached hydrogen (secondary N) is 2. The molecule has 9 nitrogen and oxygen atoms in total. The summed E-state index contributed by atoms with van der Waals surface area (Å²) in [4.78, 5) is 50.3. The van der Waals surface area contributed by atoms with E-state index in [0.717, 1.165) is 62.9 Å². The van der Waals surface area contributed by atoms with Gasteiger partial charge in [0, 0.05) is 31.3 Å². The first-order valence-corrected chi connectivity index (χ1v) is 17.0. The number of amides is 1. The van der Waals surface area contributed by atoms with Crippen LogP contribution in [0, 0.1) is 11.8 Å². The molecule has 2 fully saturated rings. The summed E-state index contributed by atoms with van der Waals surface area (Å²) in [5, 5.41) is 2.96. The minimum atomic E-state index is -0.267. The molecule has 2 aliphatic carbocycles. The van der Waals surface area contributed by atoms with Gasteiger partial charge in [0.1, 0.15) is 11.3 Å². The Hall–Kier alpha value is -3.46. The van der Waals surface area contributed by atoms with Crippen LogP contribution in [0.3, 0.4) is 0 Å². The standard InChI is InChI=1S/C35H50N6O3/c1-3-39(4-2)23-11-22-36-30(42)21-18-26-16-19-29(20-17-26)32-37-31-33(38-32)40(24-27-12-7-5-8-13-27)35(44)41(34(31)43)25-28-14-9-6-10-15-28/h16-21,27-28H,3-15,22-25H2,1-2H3,(H,36,42)(H,37,38)/b21-18+. The average molecular weight is 603 g/mol. The second-order valence-electron chi connectivity index (χ2n) is 12.7. The summed E-state index contributed by atoms with van der Waals surface area (Å²) < 4.78 is 3.25. The Kier molecular flexibility index (Phi) is 11.3. The van der Waals surface area contributed by atoms with E-state index in [0.29, 0.717) is 48.5 Å². The van der Waals surface area contributed by atoms with Crippen LogP contribution in [0.2, 0.25) is 0 Å². The largest absolute Gasteiger partial charge is 0.353 e. The van der Waals surface area contributed by atoms with Gasteiger partial charge in [-0.2, -0.15) is 0 Å². The van der Waals surface area contributed by atoms with Crippen molar-refractivity contribution >= 4 is 23.1 Å². The number of rotatable bonds is 13. The number of imidazole rings is 1. The Morgan fingerprint density at radius 1 is 0.932 bits per heavy atom. The van der Waals surface area contributed by atoms with Crippen LogP contribution in [0.25, 0.3) is 28.6 Å². The Labute approximate surface area is 260 Å². The molecule has 0 unspecified atom stereocenters. The number of aromatic nitrogens is 4. The van der Waals surface area contributed by atoms with Gasteiger partial charge in [0.25, 0.3) is 5.56 Å². The van der Waals surface area contributed by atoms with E-state index >= 15 is 0 Å². The van der Waals surface area contributed by atoms with Gasteiger partial charge in [-0.05, 0) is 75.2 Å². The summed E-state index contributed by atoms with van der Waals surface area (Å²) >= 11 is 0. The van der Waals surface area contributed by atoms with E-state index in [1.54, 1.807) is 16.7 Å². The van der Waals surface area contributed by atoms with Gasteiger partial charge in [-0.1, -0.05) is 76.6 Å². The van der Waals surface area contributed by atoms with Gasteiger partial charge in [-0.3, -0.25) is 18.7 Å². The van der Waals surface area contributed by atoms with Crippen LogP contribution < -0.4 is 16.6 Å². The Balaban J connectivity index is 1.34. The summed E-state index contributed by atoms with van der Waals surface area (Å²) in [6.45, 7) is 9.05. The van der Waals surface area contributed by atoms with E-state index in [4.69, 9.17) is 4.98 Å². The Morgan fingerprint density at radius 3 is 2.16 bits per heavy atom. The first kappa shape index (κ1) is 31.9. The van der Waals surface area contributed by atoms with Crippen LogP contribution in [0.1, 0.15) is 90.0 Å². The maximum Gasteiger partial charge on any atom is 0.332 e. The molecule has 0 bridgehead atoms. The zero-order valence-corrected chi connectivity index (χ0v) is 26.7. The highest BCUT2D eigenvalue weighted by molar-refractivity contribution is 5.91. The molecule has 44 heavy (non-hydrogen) atoms. The number of nitrogens with zero attached hydrogens (tertiary/aromatic N) is 4. The van der Waals surface area contributed by atoms with Crippen molar-refractivity contribution in [3.63, 3.8) is 0 Å². The highest BCUT2D eigenvalue weighted by Crippen LogP contribution is 2.27. The number of fused-ring (bicyclic) bond motifs is 1. The number of H-pyrrole nitrogens is 1. The third-order valence-electron chi connectivity index (χ3n) is 9.65. The minimum absolute atomic E-state index is 0.105. The number of hydrogen-bond donors (Lipinski definition) is 2. The predicted octanol–water partition coefficient (Wildman–Crippen LogP) is 5.58. The predicted molar refractivity (Wildman–Crippen MR) is 178 cm³/mol. The summed E-state index contributed by atoms with van der Waals surface area (Å²) in [5.41, 5.74) is 2.11. The van der Waals surface area contributed by atoms with Gasteiger partial charge in [-0.15, -0.1) is 0 Å². The van der Waals surface area contributed by atoms with Crippen LogP contribution in [-0.2, 0) is 17.9 Å². The highest BCUT2D eigenvalue weighted by atomic mass is 16.2. The van der Waals surface area contributed by atoms with Crippen molar-refractivity contribution in [2.45, 2.75) is 97.6 Å². The van der Waals surface area contributed by atoms with E-state index in [2.05, 4.69) is 29.0 Å². The molecule has 1 aromatic carbocycles. The second-order valence-corrected chi connectivity index (χ2v) is 12.7. The lowest BCUT2D eigenvalue weighted by Gasteiger charge is -2.24. The summed E-state index contributed by atoms with van der Waals surface area (Å²) in [6.07, 6.45) is 15.8. The molecule has 5 rings (SSSR count). The van der Waals surface area contributed by atoms with Crippen molar-refractivity contribution in [2.75, 3.05) is 26.2 Å². The van der Waals surface area contributed by atoms with E-state index < -0.39 is 0 Å². The molecule has 9 heteroatoms. The molecule has 2 heterocycles. The van der Waals surface area contributed by atoms with Gasteiger partial charge in [0.2, 0.25) is 5.91 Å². The Bertz CT molecular complexity index is 1520. The molecule has 1 amide bonds. The fourth-order valence-corrected chi connectivity index (χ4v) is 6.92. The van der Waals surface area contributed by atoms with Crippen molar-refractivity contribution in [3.8, 4) is 11.4 Å². The van der Waals surface area contributed by atoms with Crippen molar-refractivity contribution < 1.29 is 4.79 Å². The van der Waals surface area contributed by atoms with Gasteiger partial charge < -0.3 is 15.2 Å². The van der Waals surface area contributed by atoms with Crippen molar-refractivity contribution in [1.82, 2.24) is 29.3 Å². The second kappa shape index (κ2) is 15.5. The smallest absolute Gasteiger partial charge is 0.332 e. The lowest BCUT2D eigenvalue weighted by molar-refractivity contribution is -0.116.